The standard InChI is InChI=1S/C15H16N2O3/c1-10-7-13(14(18)8-15(19)20)11(2)17(10)9-12-3-5-16-6-4-12/h3-7H,8-9H2,1-2H3,(H,19,20). The number of aryl methyl sites for hydroxylation is 1. The Morgan fingerprint density at radius 3 is 2.50 bits per heavy atom. The molecule has 0 unspecified atom stereocenters. The van der Waals surface area contributed by atoms with E-state index in [1.54, 1.807) is 18.5 Å². The largest absolute Gasteiger partial charge is 0.481 e. The van der Waals surface area contributed by atoms with Gasteiger partial charge in [0.25, 0.3) is 0 Å². The van der Waals surface area contributed by atoms with E-state index in [0.29, 0.717) is 12.1 Å². The lowest BCUT2D eigenvalue weighted by Gasteiger charge is -2.09. The number of carbonyl (C=O) groups excluding carboxylic acids is 1. The van der Waals surface area contributed by atoms with Crippen LogP contribution in [0.1, 0.15) is 33.7 Å². The van der Waals surface area contributed by atoms with Crippen molar-refractivity contribution in [3.8, 4) is 0 Å². The Bertz CT molecular complexity index is 645. The molecule has 2 aromatic heterocycles. The quantitative estimate of drug-likeness (QED) is 0.669. The van der Waals surface area contributed by atoms with Crippen molar-refractivity contribution < 1.29 is 14.7 Å². The first-order valence-corrected chi connectivity index (χ1v) is 6.29. The Morgan fingerprint density at radius 1 is 1.25 bits per heavy atom. The highest BCUT2D eigenvalue weighted by Crippen LogP contribution is 2.18. The second kappa shape index (κ2) is 5.69. The molecule has 2 rings (SSSR count). The fourth-order valence-electron chi connectivity index (χ4n) is 2.23. The average Bonchev–Trinajstić information content (AvgIpc) is 2.67. The fourth-order valence-corrected chi connectivity index (χ4v) is 2.23. The van der Waals surface area contributed by atoms with E-state index in [1.165, 1.54) is 0 Å². The summed E-state index contributed by atoms with van der Waals surface area (Å²) in [5.74, 6) is -1.46. The summed E-state index contributed by atoms with van der Waals surface area (Å²) in [6.45, 7) is 4.38. The fraction of sp³-hybridized carbons (Fsp3) is 0.267. The number of aromatic nitrogens is 2. The molecule has 5 nitrogen and oxygen atoms in total. The van der Waals surface area contributed by atoms with E-state index in [0.717, 1.165) is 17.0 Å². The number of pyridine rings is 1. The predicted molar refractivity (Wildman–Crippen MR) is 73.8 cm³/mol. The zero-order valence-electron chi connectivity index (χ0n) is 11.5. The number of carbonyl (C=O) groups is 2. The third-order valence-electron chi connectivity index (χ3n) is 3.28. The van der Waals surface area contributed by atoms with Crippen LogP contribution in [0.2, 0.25) is 0 Å². The molecular weight excluding hydrogens is 256 g/mol. The summed E-state index contributed by atoms with van der Waals surface area (Å²) in [6, 6.07) is 5.58. The third-order valence-corrected chi connectivity index (χ3v) is 3.28. The second-order valence-electron chi connectivity index (χ2n) is 4.72. The summed E-state index contributed by atoms with van der Waals surface area (Å²) < 4.78 is 2.00. The Hall–Kier alpha value is -2.43. The number of hydrogen-bond acceptors (Lipinski definition) is 3. The Labute approximate surface area is 116 Å². The average molecular weight is 272 g/mol. The zero-order valence-corrected chi connectivity index (χ0v) is 11.5. The van der Waals surface area contributed by atoms with E-state index in [4.69, 9.17) is 5.11 Å². The topological polar surface area (TPSA) is 72.2 Å². The second-order valence-corrected chi connectivity index (χ2v) is 4.72. The smallest absolute Gasteiger partial charge is 0.311 e. The molecule has 0 radical (unpaired) electrons. The van der Waals surface area contributed by atoms with Crippen molar-refractivity contribution in [3.63, 3.8) is 0 Å². The van der Waals surface area contributed by atoms with Crippen LogP contribution in [0.3, 0.4) is 0 Å². The van der Waals surface area contributed by atoms with Gasteiger partial charge in [-0.05, 0) is 37.6 Å². The van der Waals surface area contributed by atoms with Crippen molar-refractivity contribution in [3.05, 3.63) is 53.1 Å². The van der Waals surface area contributed by atoms with Gasteiger partial charge in [0.05, 0.1) is 0 Å². The molecular formula is C15H16N2O3. The summed E-state index contributed by atoms with van der Waals surface area (Å²) in [7, 11) is 0. The molecule has 0 atom stereocenters. The molecule has 0 bridgehead atoms. The van der Waals surface area contributed by atoms with Crippen molar-refractivity contribution in [2.24, 2.45) is 0 Å². The SMILES string of the molecule is Cc1cc(C(=O)CC(=O)O)c(C)n1Cc1ccncc1. The van der Waals surface area contributed by atoms with Crippen molar-refractivity contribution >= 4 is 11.8 Å². The molecule has 5 heteroatoms. The molecule has 0 aliphatic carbocycles. The molecule has 1 N–H and O–H groups in total. The lowest BCUT2D eigenvalue weighted by atomic mass is 10.1. The summed E-state index contributed by atoms with van der Waals surface area (Å²) in [5, 5.41) is 8.71. The van der Waals surface area contributed by atoms with Crippen molar-refractivity contribution in [2.45, 2.75) is 26.8 Å². The van der Waals surface area contributed by atoms with E-state index in [1.807, 2.05) is 30.5 Å². The van der Waals surface area contributed by atoms with Gasteiger partial charge in [-0.1, -0.05) is 0 Å². The summed E-state index contributed by atoms with van der Waals surface area (Å²) in [5.41, 5.74) is 3.30. The van der Waals surface area contributed by atoms with Crippen LogP contribution < -0.4 is 0 Å². The molecule has 0 saturated carbocycles. The van der Waals surface area contributed by atoms with E-state index >= 15 is 0 Å². The Morgan fingerprint density at radius 2 is 1.90 bits per heavy atom. The lowest BCUT2D eigenvalue weighted by Crippen LogP contribution is -2.09. The maximum Gasteiger partial charge on any atom is 0.311 e. The summed E-state index contributed by atoms with van der Waals surface area (Å²) >= 11 is 0. The maximum atomic E-state index is 11.9. The highest BCUT2D eigenvalue weighted by Gasteiger charge is 2.17. The van der Waals surface area contributed by atoms with Crippen LogP contribution in [0.4, 0.5) is 0 Å². The predicted octanol–water partition coefficient (Wildman–Crippen LogP) is 2.21. The van der Waals surface area contributed by atoms with E-state index < -0.39 is 12.4 Å². The first kappa shape index (κ1) is 14.0. The normalized spacial score (nSPS) is 10.5. The number of nitrogens with zero attached hydrogens (tertiary/aromatic N) is 2. The minimum Gasteiger partial charge on any atom is -0.481 e. The number of rotatable bonds is 5. The maximum absolute atomic E-state index is 11.9. The molecule has 0 amide bonds. The van der Waals surface area contributed by atoms with E-state index in [-0.39, 0.29) is 5.78 Å². The van der Waals surface area contributed by atoms with Gasteiger partial charge in [-0.2, -0.15) is 0 Å². The molecule has 0 aromatic carbocycles. The molecule has 0 spiro atoms. The number of hydrogen-bond donors (Lipinski definition) is 1. The first-order chi connectivity index (χ1) is 9.49. The Kier molecular flexibility index (Phi) is 3.98. The van der Waals surface area contributed by atoms with Gasteiger partial charge in [-0.15, -0.1) is 0 Å². The molecule has 2 heterocycles. The third kappa shape index (κ3) is 2.93. The van der Waals surface area contributed by atoms with Crippen LogP contribution in [0.15, 0.2) is 30.6 Å². The first-order valence-electron chi connectivity index (χ1n) is 6.29. The number of carboxylic acids is 1. The molecule has 0 aliphatic rings. The summed E-state index contributed by atoms with van der Waals surface area (Å²) in [6.07, 6.45) is 2.97. The van der Waals surface area contributed by atoms with E-state index in [9.17, 15) is 9.59 Å². The molecule has 0 saturated heterocycles. The van der Waals surface area contributed by atoms with Gasteiger partial charge >= 0.3 is 5.97 Å². The molecule has 0 aliphatic heterocycles. The van der Waals surface area contributed by atoms with Gasteiger partial charge in [-0.3, -0.25) is 14.6 Å². The van der Waals surface area contributed by atoms with Crippen LogP contribution in [0, 0.1) is 13.8 Å². The molecule has 0 fully saturated rings. The van der Waals surface area contributed by atoms with Crippen LogP contribution in [-0.4, -0.2) is 26.4 Å². The lowest BCUT2D eigenvalue weighted by molar-refractivity contribution is -0.135. The number of Topliss-reactive ketones (excluding diaryl/α,β-unsaturated/α-hetero) is 1. The van der Waals surface area contributed by atoms with Crippen LogP contribution in [-0.2, 0) is 11.3 Å². The molecule has 104 valence electrons. The summed E-state index contributed by atoms with van der Waals surface area (Å²) in [4.78, 5) is 26.5. The van der Waals surface area contributed by atoms with Gasteiger partial charge in [-0.25, -0.2) is 0 Å². The number of aliphatic carboxylic acids is 1. The Balaban J connectivity index is 2.29. The van der Waals surface area contributed by atoms with Crippen molar-refractivity contribution in [1.29, 1.82) is 0 Å². The number of ketones is 1. The van der Waals surface area contributed by atoms with Gasteiger partial charge < -0.3 is 9.67 Å². The minimum absolute atomic E-state index is 0.355. The van der Waals surface area contributed by atoms with Gasteiger partial charge in [0.15, 0.2) is 5.78 Å². The van der Waals surface area contributed by atoms with Crippen LogP contribution in [0.25, 0.3) is 0 Å². The minimum atomic E-state index is -1.10. The van der Waals surface area contributed by atoms with Gasteiger partial charge in [0, 0.05) is 35.9 Å². The molecule has 20 heavy (non-hydrogen) atoms. The van der Waals surface area contributed by atoms with Crippen LogP contribution in [0.5, 0.6) is 0 Å². The van der Waals surface area contributed by atoms with Crippen LogP contribution >= 0.6 is 0 Å². The monoisotopic (exact) mass is 272 g/mol. The van der Waals surface area contributed by atoms with Gasteiger partial charge in [0.2, 0.25) is 0 Å². The highest BCUT2D eigenvalue weighted by atomic mass is 16.4. The van der Waals surface area contributed by atoms with Crippen molar-refractivity contribution in [2.75, 3.05) is 0 Å². The highest BCUT2D eigenvalue weighted by molar-refractivity contribution is 6.06. The number of carboxylic acid groups (broad SMARTS) is 1. The molecule has 2 aromatic rings. The van der Waals surface area contributed by atoms with Gasteiger partial charge in [0.1, 0.15) is 6.42 Å². The zero-order chi connectivity index (χ0) is 14.7. The van der Waals surface area contributed by atoms with Crippen molar-refractivity contribution in [1.82, 2.24) is 9.55 Å². The van der Waals surface area contributed by atoms with E-state index in [2.05, 4.69) is 4.98 Å².